The topological polar surface area (TPSA) is 81.3 Å². The van der Waals surface area contributed by atoms with E-state index in [2.05, 4.69) is 15.3 Å². The molecule has 1 aromatic heterocycles. The van der Waals surface area contributed by atoms with Crippen LogP contribution in [0.4, 0.5) is 5.69 Å². The van der Waals surface area contributed by atoms with Gasteiger partial charge in [-0.2, -0.15) is 5.26 Å². The van der Waals surface area contributed by atoms with E-state index in [1.54, 1.807) is 18.2 Å². The summed E-state index contributed by atoms with van der Waals surface area (Å²) in [7, 11) is 0. The van der Waals surface area contributed by atoms with Crippen LogP contribution in [0.2, 0.25) is 0 Å². The predicted molar refractivity (Wildman–Crippen MR) is 72.8 cm³/mol. The summed E-state index contributed by atoms with van der Waals surface area (Å²) in [6.07, 6.45) is 5.05. The molecule has 0 radical (unpaired) electrons. The predicted octanol–water partition coefficient (Wildman–Crippen LogP) is 2.36. The Morgan fingerprint density at radius 1 is 1.50 bits per heavy atom. The largest absolute Gasteiger partial charge is 0.506 e. The third kappa shape index (κ3) is 2.70. The molecular weight excluding hydrogens is 248 g/mol. The normalized spacial score (nSPS) is 11.2. The summed E-state index contributed by atoms with van der Waals surface area (Å²) in [5.41, 5.74) is 1.44. The van der Waals surface area contributed by atoms with E-state index < -0.39 is 0 Å². The minimum absolute atomic E-state index is 0.134. The van der Waals surface area contributed by atoms with Crippen LogP contribution in [0, 0.1) is 11.5 Å². The van der Waals surface area contributed by atoms with Crippen LogP contribution in [-0.4, -0.2) is 21.5 Å². The highest BCUT2D eigenvalue weighted by Crippen LogP contribution is 2.23. The number of thioether (sulfide) groups is 1. The van der Waals surface area contributed by atoms with Crippen molar-refractivity contribution >= 4 is 33.5 Å². The quantitative estimate of drug-likeness (QED) is 0.355. The number of hydrogen-bond donors (Lipinski definition) is 2. The standard InChI is InChI=1S/C12H10N4OS/c1-18-12(15-7-13)16-9-3-2-8-4-10(17)6-14-11(8)5-9/h2-6,17H,1H3,(H,15,16). The van der Waals surface area contributed by atoms with Crippen molar-refractivity contribution in [1.29, 1.82) is 5.26 Å². The van der Waals surface area contributed by atoms with E-state index in [0.29, 0.717) is 10.9 Å². The summed E-state index contributed by atoms with van der Waals surface area (Å²) in [6.45, 7) is 0. The number of aliphatic imine (C=N–C) groups is 1. The zero-order valence-electron chi connectivity index (χ0n) is 9.58. The Morgan fingerprint density at radius 3 is 3.06 bits per heavy atom. The van der Waals surface area contributed by atoms with Gasteiger partial charge in [0.1, 0.15) is 5.75 Å². The monoisotopic (exact) mass is 258 g/mol. The summed E-state index contributed by atoms with van der Waals surface area (Å²) in [6, 6.07) is 7.06. The maximum atomic E-state index is 9.31. The number of benzene rings is 1. The van der Waals surface area contributed by atoms with Gasteiger partial charge in [0, 0.05) is 5.39 Å². The fourth-order valence-electron chi connectivity index (χ4n) is 1.46. The summed E-state index contributed by atoms with van der Waals surface area (Å²) in [5, 5.41) is 21.7. The second-order valence-electron chi connectivity index (χ2n) is 3.43. The van der Waals surface area contributed by atoms with Crippen LogP contribution in [0.5, 0.6) is 5.75 Å². The molecule has 0 saturated carbocycles. The van der Waals surface area contributed by atoms with Gasteiger partial charge in [-0.1, -0.05) is 17.8 Å². The lowest BCUT2D eigenvalue weighted by Gasteiger charge is -2.02. The summed E-state index contributed by atoms with van der Waals surface area (Å²) >= 11 is 1.35. The van der Waals surface area contributed by atoms with Crippen LogP contribution < -0.4 is 5.32 Å². The van der Waals surface area contributed by atoms with Crippen molar-refractivity contribution in [1.82, 2.24) is 10.3 Å². The number of hydrogen-bond acceptors (Lipinski definition) is 5. The first-order valence-electron chi connectivity index (χ1n) is 5.09. The van der Waals surface area contributed by atoms with Crippen LogP contribution in [0.15, 0.2) is 35.5 Å². The van der Waals surface area contributed by atoms with Gasteiger partial charge in [0.15, 0.2) is 11.4 Å². The van der Waals surface area contributed by atoms with Crippen molar-refractivity contribution in [3.63, 3.8) is 0 Å². The second-order valence-corrected chi connectivity index (χ2v) is 4.22. The third-order valence-corrected chi connectivity index (χ3v) is 2.82. The molecule has 0 atom stereocenters. The van der Waals surface area contributed by atoms with Crippen LogP contribution in [-0.2, 0) is 0 Å². The molecule has 2 N–H and O–H groups in total. The molecule has 0 bridgehead atoms. The number of rotatable bonds is 1. The number of nitrogens with one attached hydrogen (secondary N) is 1. The van der Waals surface area contributed by atoms with Gasteiger partial charge in [-0.3, -0.25) is 10.3 Å². The fourth-order valence-corrected chi connectivity index (χ4v) is 1.80. The lowest BCUT2D eigenvalue weighted by atomic mass is 10.2. The van der Waals surface area contributed by atoms with Crippen LogP contribution >= 0.6 is 11.8 Å². The van der Waals surface area contributed by atoms with E-state index >= 15 is 0 Å². The first-order valence-corrected chi connectivity index (χ1v) is 6.32. The van der Waals surface area contributed by atoms with Crippen LogP contribution in [0.1, 0.15) is 0 Å². The summed E-state index contributed by atoms with van der Waals surface area (Å²) < 4.78 is 0. The first-order chi connectivity index (χ1) is 8.72. The summed E-state index contributed by atoms with van der Waals surface area (Å²) in [5.74, 6) is 0.134. The fraction of sp³-hybridized carbons (Fsp3) is 0.0833. The number of aromatic hydroxyl groups is 1. The molecule has 0 saturated heterocycles. The van der Waals surface area contributed by atoms with Crippen molar-refractivity contribution in [2.45, 2.75) is 0 Å². The van der Waals surface area contributed by atoms with Gasteiger partial charge in [-0.15, -0.1) is 0 Å². The zero-order valence-corrected chi connectivity index (χ0v) is 10.4. The van der Waals surface area contributed by atoms with E-state index in [0.717, 1.165) is 10.9 Å². The lowest BCUT2D eigenvalue weighted by Crippen LogP contribution is -2.12. The van der Waals surface area contributed by atoms with Crippen molar-refractivity contribution in [3.05, 3.63) is 30.5 Å². The van der Waals surface area contributed by atoms with E-state index in [1.807, 2.05) is 18.5 Å². The van der Waals surface area contributed by atoms with Crippen molar-refractivity contribution in [2.75, 3.05) is 6.26 Å². The van der Waals surface area contributed by atoms with E-state index in [9.17, 15) is 5.11 Å². The smallest absolute Gasteiger partial charge is 0.183 e. The van der Waals surface area contributed by atoms with Gasteiger partial charge < -0.3 is 5.11 Å². The molecule has 1 aromatic carbocycles. The SMILES string of the molecule is CSC(=Nc1ccc2cc(O)cnc2c1)NC#N. The maximum absolute atomic E-state index is 9.31. The number of amidine groups is 1. The summed E-state index contributed by atoms with van der Waals surface area (Å²) in [4.78, 5) is 8.39. The van der Waals surface area contributed by atoms with Gasteiger partial charge in [0.25, 0.3) is 0 Å². The number of nitrogens with zero attached hydrogens (tertiary/aromatic N) is 3. The second kappa shape index (κ2) is 5.38. The molecule has 90 valence electrons. The van der Waals surface area contributed by atoms with Crippen LogP contribution in [0.3, 0.4) is 0 Å². The van der Waals surface area contributed by atoms with Crippen LogP contribution in [0.25, 0.3) is 10.9 Å². The van der Waals surface area contributed by atoms with Gasteiger partial charge >= 0.3 is 0 Å². The van der Waals surface area contributed by atoms with E-state index in [-0.39, 0.29) is 5.75 Å². The molecule has 0 fully saturated rings. The number of fused-ring (bicyclic) bond motifs is 1. The maximum Gasteiger partial charge on any atom is 0.183 e. The van der Waals surface area contributed by atoms with Crippen molar-refractivity contribution in [2.24, 2.45) is 4.99 Å². The highest BCUT2D eigenvalue weighted by Gasteiger charge is 2.00. The van der Waals surface area contributed by atoms with E-state index in [4.69, 9.17) is 5.26 Å². The minimum Gasteiger partial charge on any atom is -0.506 e. The Balaban J connectivity index is 2.41. The molecule has 1 heterocycles. The van der Waals surface area contributed by atoms with Gasteiger partial charge in [-0.25, -0.2) is 4.99 Å². The van der Waals surface area contributed by atoms with Gasteiger partial charge in [-0.05, 0) is 24.5 Å². The molecule has 0 aliphatic carbocycles. The molecule has 18 heavy (non-hydrogen) atoms. The van der Waals surface area contributed by atoms with Crippen molar-refractivity contribution in [3.8, 4) is 11.9 Å². The average molecular weight is 258 g/mol. The Hall–Kier alpha value is -2.26. The molecule has 0 spiro atoms. The Kier molecular flexibility index (Phi) is 3.65. The molecule has 0 aliphatic heterocycles. The molecule has 0 amide bonds. The number of nitriles is 1. The highest BCUT2D eigenvalue weighted by molar-refractivity contribution is 8.13. The number of aromatic nitrogens is 1. The Bertz CT molecular complexity index is 648. The molecule has 0 unspecified atom stereocenters. The molecule has 2 rings (SSSR count). The first kappa shape index (κ1) is 12.2. The van der Waals surface area contributed by atoms with Gasteiger partial charge in [0.2, 0.25) is 0 Å². The number of pyridine rings is 1. The molecule has 2 aromatic rings. The Labute approximate surface area is 108 Å². The molecule has 5 nitrogen and oxygen atoms in total. The van der Waals surface area contributed by atoms with Gasteiger partial charge in [0.05, 0.1) is 17.4 Å². The molecule has 6 heteroatoms. The highest BCUT2D eigenvalue weighted by atomic mass is 32.2. The Morgan fingerprint density at radius 2 is 2.33 bits per heavy atom. The molecule has 0 aliphatic rings. The molecular formula is C12H10N4OS. The van der Waals surface area contributed by atoms with Crippen molar-refractivity contribution < 1.29 is 5.11 Å². The third-order valence-electron chi connectivity index (χ3n) is 2.24. The lowest BCUT2D eigenvalue weighted by molar-refractivity contribution is 0.474. The average Bonchev–Trinajstić information content (AvgIpc) is 2.38. The minimum atomic E-state index is 0.134. The van der Waals surface area contributed by atoms with E-state index in [1.165, 1.54) is 18.0 Å². The zero-order chi connectivity index (χ0) is 13.0.